The Hall–Kier alpha value is -2.53. The van der Waals surface area contributed by atoms with E-state index in [1.54, 1.807) is 6.92 Å². The molecule has 0 bridgehead atoms. The van der Waals surface area contributed by atoms with E-state index in [1.807, 2.05) is 33.8 Å². The van der Waals surface area contributed by atoms with Crippen LogP contribution in [-0.4, -0.2) is 30.4 Å². The standard InChI is InChI=1S/C25H37NO4/c1-9-18(4)22(27)19(5)15-17(3)12-10-11-16(2)13-14-21-20(6)23(28)24(29-7)25(26-21)30-8/h9-10,12-13,15,19,22,27H,11,14H2,1-8H3,(H,26,28)/b12-10-,16-13-,17-15-,18-9-/t19-,22+/m1/s1. The first-order valence-electron chi connectivity index (χ1n) is 10.3. The molecule has 30 heavy (non-hydrogen) atoms. The summed E-state index contributed by atoms with van der Waals surface area (Å²) in [7, 11) is 2.97. The molecule has 0 aromatic carbocycles. The zero-order chi connectivity index (χ0) is 22.8. The van der Waals surface area contributed by atoms with E-state index in [4.69, 9.17) is 9.47 Å². The minimum absolute atomic E-state index is 0.0624. The van der Waals surface area contributed by atoms with Crippen molar-refractivity contribution in [3.63, 3.8) is 0 Å². The maximum absolute atomic E-state index is 12.4. The monoisotopic (exact) mass is 415 g/mol. The van der Waals surface area contributed by atoms with Gasteiger partial charge in [-0.15, -0.1) is 0 Å². The van der Waals surface area contributed by atoms with Crippen LogP contribution in [0.5, 0.6) is 11.6 Å². The van der Waals surface area contributed by atoms with Crippen molar-refractivity contribution in [2.75, 3.05) is 14.2 Å². The van der Waals surface area contributed by atoms with E-state index in [2.05, 4.69) is 36.2 Å². The molecule has 0 unspecified atom stereocenters. The average Bonchev–Trinajstić information content (AvgIpc) is 2.73. The molecule has 0 aliphatic rings. The molecule has 1 aromatic rings. The normalized spacial score (nSPS) is 15.4. The Morgan fingerprint density at radius 2 is 1.87 bits per heavy atom. The Labute approximate surface area is 180 Å². The van der Waals surface area contributed by atoms with Gasteiger partial charge in [-0.05, 0) is 46.6 Å². The zero-order valence-electron chi connectivity index (χ0n) is 19.6. The van der Waals surface area contributed by atoms with Crippen LogP contribution in [-0.2, 0) is 6.42 Å². The molecule has 5 nitrogen and oxygen atoms in total. The first-order chi connectivity index (χ1) is 14.2. The van der Waals surface area contributed by atoms with E-state index in [9.17, 15) is 9.90 Å². The quantitative estimate of drug-likeness (QED) is 0.415. The van der Waals surface area contributed by atoms with Crippen LogP contribution in [0.15, 0.2) is 51.9 Å². The molecule has 1 heterocycles. The highest BCUT2D eigenvalue weighted by atomic mass is 16.5. The maximum Gasteiger partial charge on any atom is 0.238 e. The average molecular weight is 416 g/mol. The molecule has 0 amide bonds. The van der Waals surface area contributed by atoms with Crippen LogP contribution in [0.1, 0.15) is 52.3 Å². The van der Waals surface area contributed by atoms with Crippen molar-refractivity contribution in [1.29, 1.82) is 0 Å². The molecule has 0 saturated heterocycles. The molecular weight excluding hydrogens is 378 g/mol. The second-order valence-electron chi connectivity index (χ2n) is 7.73. The van der Waals surface area contributed by atoms with E-state index in [1.165, 1.54) is 19.8 Å². The van der Waals surface area contributed by atoms with Crippen molar-refractivity contribution in [2.45, 2.75) is 60.5 Å². The van der Waals surface area contributed by atoms with Gasteiger partial charge in [-0.3, -0.25) is 4.79 Å². The number of aliphatic hydroxyl groups is 1. The van der Waals surface area contributed by atoms with E-state index in [-0.39, 0.29) is 17.1 Å². The lowest BCUT2D eigenvalue weighted by Crippen LogP contribution is -2.17. The zero-order valence-corrected chi connectivity index (χ0v) is 19.6. The fraction of sp³-hybridized carbons (Fsp3) is 0.480. The van der Waals surface area contributed by atoms with Gasteiger partial charge in [0.05, 0.1) is 20.3 Å². The molecule has 0 radical (unpaired) electrons. The van der Waals surface area contributed by atoms with Crippen LogP contribution in [0.25, 0.3) is 0 Å². The molecule has 0 spiro atoms. The molecule has 0 saturated carbocycles. The molecule has 2 N–H and O–H groups in total. The molecule has 1 rings (SSSR count). The predicted molar refractivity (Wildman–Crippen MR) is 124 cm³/mol. The minimum Gasteiger partial charge on any atom is -0.488 e. The summed E-state index contributed by atoms with van der Waals surface area (Å²) in [6.45, 7) is 11.8. The second-order valence-corrected chi connectivity index (χ2v) is 7.73. The number of rotatable bonds is 10. The van der Waals surface area contributed by atoms with Gasteiger partial charge in [-0.25, -0.2) is 0 Å². The van der Waals surface area contributed by atoms with Gasteiger partial charge >= 0.3 is 0 Å². The molecule has 0 aliphatic heterocycles. The summed E-state index contributed by atoms with van der Waals surface area (Å²) in [5.74, 6) is 0.611. The summed E-state index contributed by atoms with van der Waals surface area (Å²) < 4.78 is 10.4. The number of ether oxygens (including phenoxy) is 2. The van der Waals surface area contributed by atoms with E-state index >= 15 is 0 Å². The third-order valence-corrected chi connectivity index (χ3v) is 5.30. The van der Waals surface area contributed by atoms with Gasteiger partial charge in [0.2, 0.25) is 17.1 Å². The molecule has 0 aliphatic carbocycles. The Morgan fingerprint density at radius 3 is 2.43 bits per heavy atom. The first-order valence-corrected chi connectivity index (χ1v) is 10.3. The lowest BCUT2D eigenvalue weighted by molar-refractivity contribution is 0.173. The van der Waals surface area contributed by atoms with Gasteiger partial charge in [-0.1, -0.05) is 48.5 Å². The number of allylic oxidation sites excluding steroid dienone is 6. The number of pyridine rings is 1. The lowest BCUT2D eigenvalue weighted by Gasteiger charge is -2.16. The first kappa shape index (κ1) is 25.5. The van der Waals surface area contributed by atoms with Crippen LogP contribution in [0.4, 0.5) is 0 Å². The van der Waals surface area contributed by atoms with Gasteiger partial charge in [0.15, 0.2) is 0 Å². The molecule has 166 valence electrons. The Morgan fingerprint density at radius 1 is 1.20 bits per heavy atom. The predicted octanol–water partition coefficient (Wildman–Crippen LogP) is 5.05. The van der Waals surface area contributed by atoms with Crippen molar-refractivity contribution >= 4 is 0 Å². The molecular formula is C25H37NO4. The number of aromatic nitrogens is 1. The van der Waals surface area contributed by atoms with Crippen LogP contribution in [0.2, 0.25) is 0 Å². The highest BCUT2D eigenvalue weighted by molar-refractivity contribution is 5.40. The highest BCUT2D eigenvalue weighted by Gasteiger charge is 2.15. The summed E-state index contributed by atoms with van der Waals surface area (Å²) >= 11 is 0. The van der Waals surface area contributed by atoms with Gasteiger partial charge in [0.1, 0.15) is 0 Å². The lowest BCUT2D eigenvalue weighted by atomic mass is 9.96. The van der Waals surface area contributed by atoms with Crippen molar-refractivity contribution in [3.05, 3.63) is 68.6 Å². The minimum atomic E-state index is -0.452. The van der Waals surface area contributed by atoms with E-state index in [0.717, 1.165) is 23.3 Å². The summed E-state index contributed by atoms with van der Waals surface area (Å²) in [6.07, 6.45) is 11.3. The second kappa shape index (κ2) is 12.2. The van der Waals surface area contributed by atoms with Crippen LogP contribution in [0, 0.1) is 12.8 Å². The van der Waals surface area contributed by atoms with Crippen molar-refractivity contribution in [3.8, 4) is 11.6 Å². The topological polar surface area (TPSA) is 71.6 Å². The number of hydrogen-bond acceptors (Lipinski definition) is 4. The third-order valence-electron chi connectivity index (χ3n) is 5.30. The highest BCUT2D eigenvalue weighted by Crippen LogP contribution is 2.22. The van der Waals surface area contributed by atoms with Crippen molar-refractivity contribution in [2.24, 2.45) is 5.92 Å². The van der Waals surface area contributed by atoms with Gasteiger partial charge in [0.25, 0.3) is 0 Å². The molecule has 0 fully saturated rings. The number of aliphatic hydroxyl groups excluding tert-OH is 1. The summed E-state index contributed by atoms with van der Waals surface area (Å²) in [6, 6.07) is 0. The number of H-pyrrole nitrogens is 1. The van der Waals surface area contributed by atoms with Gasteiger partial charge in [0, 0.05) is 23.6 Å². The van der Waals surface area contributed by atoms with Crippen molar-refractivity contribution < 1.29 is 14.6 Å². The number of nitrogens with one attached hydrogen (secondary N) is 1. The number of hydrogen-bond donors (Lipinski definition) is 2. The van der Waals surface area contributed by atoms with Gasteiger partial charge in [-0.2, -0.15) is 0 Å². The smallest absolute Gasteiger partial charge is 0.238 e. The van der Waals surface area contributed by atoms with Crippen LogP contribution in [0.3, 0.4) is 0 Å². The maximum atomic E-state index is 12.4. The molecule has 1 aromatic heterocycles. The molecule has 5 heteroatoms. The largest absolute Gasteiger partial charge is 0.488 e. The third kappa shape index (κ3) is 7.06. The Kier molecular flexibility index (Phi) is 10.4. The number of aromatic amines is 1. The Bertz CT molecular complexity index is 887. The van der Waals surface area contributed by atoms with E-state index in [0.29, 0.717) is 17.9 Å². The van der Waals surface area contributed by atoms with E-state index < -0.39 is 6.10 Å². The SMILES string of the molecule is C/C=C(/C)[C@H](O)[C@H](C)/C=C(C)\C=C/C/C(C)=C\Cc1[nH]c(OC)c(OC)c(=O)c1C. The molecule has 2 atom stereocenters. The van der Waals surface area contributed by atoms with Crippen LogP contribution < -0.4 is 14.9 Å². The number of methoxy groups -OCH3 is 2. The fourth-order valence-electron chi connectivity index (χ4n) is 3.17. The van der Waals surface area contributed by atoms with Crippen LogP contribution >= 0.6 is 0 Å². The Balaban J connectivity index is 2.80. The fourth-order valence-corrected chi connectivity index (χ4v) is 3.17. The summed E-state index contributed by atoms with van der Waals surface area (Å²) in [5, 5.41) is 10.3. The van der Waals surface area contributed by atoms with Crippen molar-refractivity contribution in [1.82, 2.24) is 4.98 Å². The van der Waals surface area contributed by atoms with Gasteiger partial charge < -0.3 is 19.6 Å². The summed E-state index contributed by atoms with van der Waals surface area (Å²) in [5.41, 5.74) is 4.61. The summed E-state index contributed by atoms with van der Waals surface area (Å²) in [4.78, 5) is 15.6.